The van der Waals surface area contributed by atoms with E-state index in [1.807, 2.05) is 0 Å². The lowest BCUT2D eigenvalue weighted by Crippen LogP contribution is -2.27. The second kappa shape index (κ2) is 19.5. The van der Waals surface area contributed by atoms with Gasteiger partial charge in [-0.1, -0.05) is 6.07 Å². The largest absolute Gasteiger partial charge is 0.508 e. The number of unbranched alkanes of at least 4 members (excludes halogenated alkanes) is 1. The third kappa shape index (κ3) is 11.3. The highest BCUT2D eigenvalue weighted by Crippen LogP contribution is 2.27. The molecule has 0 saturated carbocycles. The Labute approximate surface area is 327 Å². The molecule has 0 fully saturated rings. The van der Waals surface area contributed by atoms with E-state index in [1.54, 1.807) is 55.2 Å². The lowest BCUT2D eigenvalue weighted by Gasteiger charge is -2.09. The molecule has 0 atom stereocenters. The Hall–Kier alpha value is -5.84. The fraction of sp³-hybridized carbons (Fsp3) is 0.297. The van der Waals surface area contributed by atoms with E-state index in [2.05, 4.69) is 31.6 Å². The van der Waals surface area contributed by atoms with Crippen molar-refractivity contribution in [1.82, 2.24) is 19.4 Å². The number of nitrogens with one attached hydrogen (secondary N) is 5. The molecule has 0 unspecified atom stereocenters. The summed E-state index contributed by atoms with van der Waals surface area (Å²) in [6.07, 6.45) is 5.54. The maximum Gasteiger partial charge on any atom is 0.291 e. The standard InChI is InChI=1S/C37H42ClN9O7.ClH/c1-46-20-25(18-28(46)35(51)45-31-21-47(2)34(44-31)37(53)40-15-4-3-14-39)42-33(50)7-5-6-32(49)41-24-9-11-29-23(16-24)17-30(54-29)36(52)43-27-19-26(48)10-8-22(27)12-13-38;/h8-11,16-21,48H,3-7,12-15,39H2,1-2H3,(H,40,53)(H,41,49)(H,42,50)(H,43,52)(H,45,51);1H. The minimum Gasteiger partial charge on any atom is -0.508 e. The first-order valence-corrected chi connectivity index (χ1v) is 17.8. The molecule has 0 saturated heterocycles. The second-order valence-electron chi connectivity index (χ2n) is 12.5. The number of halogens is 2. The van der Waals surface area contributed by atoms with E-state index in [-0.39, 0.29) is 78.2 Å². The van der Waals surface area contributed by atoms with Crippen LogP contribution in [0.25, 0.3) is 11.0 Å². The molecule has 0 aliphatic heterocycles. The van der Waals surface area contributed by atoms with Gasteiger partial charge in [0.1, 0.15) is 17.0 Å². The molecule has 0 aliphatic carbocycles. The molecular weight excluding hydrogens is 753 g/mol. The van der Waals surface area contributed by atoms with Crippen molar-refractivity contribution in [1.29, 1.82) is 0 Å². The van der Waals surface area contributed by atoms with Crippen LogP contribution in [0.2, 0.25) is 0 Å². The van der Waals surface area contributed by atoms with Crippen molar-refractivity contribution in [3.05, 3.63) is 83.8 Å². The lowest BCUT2D eigenvalue weighted by atomic mass is 10.1. The van der Waals surface area contributed by atoms with Crippen LogP contribution in [0.3, 0.4) is 0 Å². The third-order valence-corrected chi connectivity index (χ3v) is 8.48. The number of anilines is 4. The van der Waals surface area contributed by atoms with Crippen LogP contribution in [0.1, 0.15) is 69.3 Å². The van der Waals surface area contributed by atoms with Crippen LogP contribution in [0.15, 0.2) is 65.3 Å². The third-order valence-electron chi connectivity index (χ3n) is 8.30. The minimum absolute atomic E-state index is 0. The maximum atomic E-state index is 13.0. The summed E-state index contributed by atoms with van der Waals surface area (Å²) >= 11 is 5.87. The van der Waals surface area contributed by atoms with Crippen LogP contribution in [0, 0.1) is 0 Å². The number of aryl methyl sites for hydroxylation is 3. The second-order valence-corrected chi connectivity index (χ2v) is 12.9. The molecule has 0 spiro atoms. The smallest absolute Gasteiger partial charge is 0.291 e. The van der Waals surface area contributed by atoms with Gasteiger partial charge in [0.25, 0.3) is 17.7 Å². The fourth-order valence-corrected chi connectivity index (χ4v) is 5.80. The number of furan rings is 1. The number of imidazole rings is 1. The van der Waals surface area contributed by atoms with E-state index in [0.29, 0.717) is 53.4 Å². The SMILES string of the molecule is Cl.Cn1cc(NC(=O)CCCC(=O)Nc2ccc3oc(C(=O)Nc4cc(O)ccc4CCCl)cc3c2)cc1C(=O)Nc1cn(C)c(C(=O)NCCCCN)n1. The van der Waals surface area contributed by atoms with Crippen molar-refractivity contribution >= 4 is 87.4 Å². The zero-order chi connectivity index (χ0) is 38.8. The Morgan fingerprint density at radius 2 is 1.56 bits per heavy atom. The molecule has 8 N–H and O–H groups in total. The number of amides is 5. The Balaban J connectivity index is 0.00000673. The molecule has 292 valence electrons. The molecule has 2 aromatic carbocycles. The summed E-state index contributed by atoms with van der Waals surface area (Å²) in [5.41, 5.74) is 8.24. The van der Waals surface area contributed by atoms with Gasteiger partial charge in [0.2, 0.25) is 17.6 Å². The number of aromatic hydroxyl groups is 1. The number of hydrogen-bond donors (Lipinski definition) is 7. The predicted molar refractivity (Wildman–Crippen MR) is 212 cm³/mol. The highest BCUT2D eigenvalue weighted by atomic mass is 35.5. The number of phenolic OH excluding ortho intramolecular Hbond substituents is 1. The van der Waals surface area contributed by atoms with Crippen LogP contribution in [-0.4, -0.2) is 67.7 Å². The number of hydrogen-bond acceptors (Lipinski definition) is 9. The number of alkyl halides is 1. The zero-order valence-corrected chi connectivity index (χ0v) is 31.8. The molecule has 0 bridgehead atoms. The maximum absolute atomic E-state index is 13.0. The van der Waals surface area contributed by atoms with Gasteiger partial charge >= 0.3 is 0 Å². The van der Waals surface area contributed by atoms with Gasteiger partial charge in [-0.25, -0.2) is 4.98 Å². The topological polar surface area (TPSA) is 228 Å². The highest BCUT2D eigenvalue weighted by molar-refractivity contribution is 6.18. The van der Waals surface area contributed by atoms with E-state index >= 15 is 0 Å². The number of carbonyl (C=O) groups excluding carboxylic acids is 5. The van der Waals surface area contributed by atoms with Gasteiger partial charge in [0, 0.05) is 74.6 Å². The molecule has 3 heterocycles. The fourth-order valence-electron chi connectivity index (χ4n) is 5.60. The first-order chi connectivity index (χ1) is 25.9. The monoisotopic (exact) mass is 795 g/mol. The summed E-state index contributed by atoms with van der Waals surface area (Å²) in [6.45, 7) is 1.01. The predicted octanol–water partition coefficient (Wildman–Crippen LogP) is 5.13. The summed E-state index contributed by atoms with van der Waals surface area (Å²) in [7, 11) is 3.30. The van der Waals surface area contributed by atoms with Crippen LogP contribution in [0.4, 0.5) is 22.9 Å². The highest BCUT2D eigenvalue weighted by Gasteiger charge is 2.19. The van der Waals surface area contributed by atoms with Crippen LogP contribution >= 0.6 is 24.0 Å². The van der Waals surface area contributed by atoms with Crippen molar-refractivity contribution in [3.8, 4) is 5.75 Å². The number of fused-ring (bicyclic) bond motifs is 1. The molecule has 0 radical (unpaired) electrons. The number of benzene rings is 2. The number of carbonyl (C=O) groups is 5. The van der Waals surface area contributed by atoms with E-state index in [0.717, 1.165) is 18.4 Å². The molecule has 16 nitrogen and oxygen atoms in total. The van der Waals surface area contributed by atoms with Crippen LogP contribution in [-0.2, 0) is 30.1 Å². The quantitative estimate of drug-likeness (QED) is 0.0488. The van der Waals surface area contributed by atoms with Gasteiger partial charge in [-0.2, -0.15) is 0 Å². The van der Waals surface area contributed by atoms with Crippen LogP contribution < -0.4 is 32.3 Å². The Bertz CT molecular complexity index is 2180. The molecule has 3 aromatic heterocycles. The van der Waals surface area contributed by atoms with Crippen molar-refractivity contribution in [2.75, 3.05) is 40.2 Å². The molecule has 5 rings (SSSR count). The number of phenols is 1. The Morgan fingerprint density at radius 3 is 2.29 bits per heavy atom. The zero-order valence-electron chi connectivity index (χ0n) is 30.2. The normalized spacial score (nSPS) is 10.8. The summed E-state index contributed by atoms with van der Waals surface area (Å²) in [5.74, 6) is -1.28. The van der Waals surface area contributed by atoms with Crippen molar-refractivity contribution in [3.63, 3.8) is 0 Å². The van der Waals surface area contributed by atoms with Gasteiger partial charge in [-0.05, 0) is 74.2 Å². The molecule has 5 amide bonds. The van der Waals surface area contributed by atoms with E-state index in [1.165, 1.54) is 29.0 Å². The summed E-state index contributed by atoms with van der Waals surface area (Å²) < 4.78 is 8.77. The van der Waals surface area contributed by atoms with E-state index < -0.39 is 11.8 Å². The first kappa shape index (κ1) is 41.9. The summed E-state index contributed by atoms with van der Waals surface area (Å²) in [4.78, 5) is 68.0. The number of nitrogens with two attached hydrogens (primary N) is 1. The van der Waals surface area contributed by atoms with Crippen molar-refractivity contribution in [2.24, 2.45) is 19.8 Å². The van der Waals surface area contributed by atoms with Gasteiger partial charge in [-0.3, -0.25) is 24.0 Å². The van der Waals surface area contributed by atoms with Crippen molar-refractivity contribution in [2.45, 2.75) is 38.5 Å². The van der Waals surface area contributed by atoms with Gasteiger partial charge < -0.3 is 51.0 Å². The lowest BCUT2D eigenvalue weighted by molar-refractivity contribution is -0.117. The number of nitrogens with zero attached hydrogens (tertiary/aromatic N) is 3. The molecule has 0 aliphatic rings. The molecule has 5 aromatic rings. The molecular formula is C37H43Cl2N9O7. The first-order valence-electron chi connectivity index (χ1n) is 17.3. The van der Waals surface area contributed by atoms with E-state index in [9.17, 15) is 29.1 Å². The molecule has 55 heavy (non-hydrogen) atoms. The average molecular weight is 797 g/mol. The average Bonchev–Trinajstić information content (AvgIpc) is 3.83. The summed E-state index contributed by atoms with van der Waals surface area (Å²) in [6, 6.07) is 12.7. The van der Waals surface area contributed by atoms with Gasteiger partial charge in [-0.15, -0.1) is 24.0 Å². The van der Waals surface area contributed by atoms with Crippen LogP contribution in [0.5, 0.6) is 5.75 Å². The van der Waals surface area contributed by atoms with Gasteiger partial charge in [0.05, 0.1) is 5.69 Å². The molecule has 18 heteroatoms. The van der Waals surface area contributed by atoms with Crippen molar-refractivity contribution < 1.29 is 33.5 Å². The van der Waals surface area contributed by atoms with E-state index in [4.69, 9.17) is 21.8 Å². The summed E-state index contributed by atoms with van der Waals surface area (Å²) in [5, 5.41) is 24.2. The minimum atomic E-state index is -0.512. The number of rotatable bonds is 17. The van der Waals surface area contributed by atoms with Gasteiger partial charge in [0.15, 0.2) is 11.6 Å². The number of aromatic nitrogens is 3. The Kier molecular flexibility index (Phi) is 14.8. The Morgan fingerprint density at radius 1 is 0.818 bits per heavy atom.